The molecule has 2 aliphatic heterocycles. The molecule has 2 aliphatic rings. The second-order valence-electron chi connectivity index (χ2n) is 4.90. The molecule has 1 fully saturated rings. The van der Waals surface area contributed by atoms with Gasteiger partial charge >= 0.3 is 0 Å². The molecule has 0 saturated carbocycles. The number of likely N-dealkylation sites (N-methyl/N-ethyl adjacent to an activating group) is 1. The summed E-state index contributed by atoms with van der Waals surface area (Å²) < 4.78 is 0.608. The van der Waals surface area contributed by atoms with Gasteiger partial charge in [-0.2, -0.15) is 0 Å². The van der Waals surface area contributed by atoms with Crippen molar-refractivity contribution in [1.29, 1.82) is 0 Å². The van der Waals surface area contributed by atoms with Crippen LogP contribution in [0.2, 0.25) is 0 Å². The van der Waals surface area contributed by atoms with E-state index in [4.69, 9.17) is 12.2 Å². The normalized spacial score (nSPS) is 21.0. The lowest BCUT2D eigenvalue weighted by Gasteiger charge is -2.18. The number of amides is 1. The van der Waals surface area contributed by atoms with Crippen molar-refractivity contribution in [2.24, 2.45) is 0 Å². The average Bonchev–Trinajstić information content (AvgIpc) is 3.03. The van der Waals surface area contributed by atoms with Gasteiger partial charge in [-0.05, 0) is 31.2 Å². The number of β-amino-alcohol motifs (C(OH)–C–C–N with tert-alkyl or cyclic N) is 1. The van der Waals surface area contributed by atoms with Crippen LogP contribution in [0.3, 0.4) is 0 Å². The zero-order valence-electron chi connectivity index (χ0n) is 12.6. The molecule has 0 atom stereocenters. The Kier molecular flexibility index (Phi) is 5.11. The fourth-order valence-electron chi connectivity index (χ4n) is 2.44. The number of aliphatic hydroxyl groups excluding tert-OH is 1. The Morgan fingerprint density at radius 3 is 2.70 bits per heavy atom. The van der Waals surface area contributed by atoms with Crippen LogP contribution < -0.4 is 4.90 Å². The summed E-state index contributed by atoms with van der Waals surface area (Å²) in [5, 5.41) is 10.3. The van der Waals surface area contributed by atoms with Crippen LogP contribution in [0.5, 0.6) is 0 Å². The summed E-state index contributed by atoms with van der Waals surface area (Å²) >= 11 is 8.20. The highest BCUT2D eigenvalue weighted by Crippen LogP contribution is 2.45. The van der Waals surface area contributed by atoms with Crippen molar-refractivity contribution >= 4 is 51.7 Å². The molecule has 1 aromatic rings. The molecular weight excluding hydrogens is 348 g/mol. The first-order chi connectivity index (χ1) is 11.2. The van der Waals surface area contributed by atoms with Crippen molar-refractivity contribution in [1.82, 2.24) is 4.90 Å². The number of aliphatic hydroxyl groups is 1. The molecule has 120 valence electrons. The van der Waals surface area contributed by atoms with E-state index in [1.54, 1.807) is 16.7 Å². The van der Waals surface area contributed by atoms with Crippen molar-refractivity contribution in [3.8, 4) is 0 Å². The van der Waals surface area contributed by atoms with Crippen LogP contribution in [0.15, 0.2) is 51.2 Å². The summed E-state index contributed by atoms with van der Waals surface area (Å²) in [6.45, 7) is 3.11. The van der Waals surface area contributed by atoms with E-state index in [1.807, 2.05) is 37.3 Å². The highest BCUT2D eigenvalue weighted by atomic mass is 32.2. The molecule has 0 spiro atoms. The monoisotopic (exact) mass is 364 g/mol. The zero-order chi connectivity index (χ0) is 16.4. The number of hydrogen-bond acceptors (Lipinski definition) is 6. The van der Waals surface area contributed by atoms with Gasteiger partial charge in [0.05, 0.1) is 22.2 Å². The molecule has 4 nitrogen and oxygen atoms in total. The Morgan fingerprint density at radius 1 is 1.22 bits per heavy atom. The molecule has 0 unspecified atom stereocenters. The molecule has 0 aromatic heterocycles. The molecule has 7 heteroatoms. The molecule has 0 bridgehead atoms. The minimum absolute atomic E-state index is 0.0337. The van der Waals surface area contributed by atoms with E-state index in [9.17, 15) is 9.90 Å². The summed E-state index contributed by atoms with van der Waals surface area (Å²) in [6, 6.07) is 8.08. The average molecular weight is 365 g/mol. The van der Waals surface area contributed by atoms with Gasteiger partial charge in [-0.15, -0.1) is 0 Å². The molecule has 1 saturated heterocycles. The lowest BCUT2D eigenvalue weighted by Crippen LogP contribution is -2.27. The van der Waals surface area contributed by atoms with Gasteiger partial charge in [0.25, 0.3) is 5.91 Å². The number of thioether (sulfide) groups is 2. The Bertz CT molecular complexity index is 715. The minimum Gasteiger partial charge on any atom is -0.395 e. The van der Waals surface area contributed by atoms with E-state index < -0.39 is 0 Å². The number of thiocarbonyl (C=S) groups is 1. The highest BCUT2D eigenvalue weighted by molar-refractivity contribution is 8.26. The van der Waals surface area contributed by atoms with Crippen LogP contribution in [0, 0.1) is 0 Å². The second kappa shape index (κ2) is 7.09. The molecule has 1 amide bonds. The van der Waals surface area contributed by atoms with E-state index in [1.165, 1.54) is 11.8 Å². The van der Waals surface area contributed by atoms with Gasteiger partial charge in [0.2, 0.25) is 0 Å². The maximum absolute atomic E-state index is 12.2. The standard InChI is InChI=1S/C16H16N2O2S3/c1-2-17-15(20)13(23-16(17)21)7-8-14-18(9-10-19)11-5-3-4-6-12(11)22-14/h3-8,19H,2,9-10H2,1H3/b13-7+,14-8+. The van der Waals surface area contributed by atoms with E-state index in [0.29, 0.717) is 22.3 Å². The Hall–Kier alpha value is -1.28. The van der Waals surface area contributed by atoms with Crippen LogP contribution in [-0.2, 0) is 4.79 Å². The third kappa shape index (κ3) is 3.19. The molecule has 23 heavy (non-hydrogen) atoms. The predicted octanol–water partition coefficient (Wildman–Crippen LogP) is 3.20. The first-order valence-corrected chi connectivity index (χ1v) is 9.30. The predicted molar refractivity (Wildman–Crippen MR) is 100 cm³/mol. The number of carbonyl (C=O) groups is 1. The third-order valence-corrected chi connectivity index (χ3v) is 6.05. The molecule has 0 aliphatic carbocycles. The van der Waals surface area contributed by atoms with E-state index in [2.05, 4.69) is 11.0 Å². The summed E-state index contributed by atoms with van der Waals surface area (Å²) in [5.41, 5.74) is 1.09. The number of benzene rings is 1. The number of anilines is 1. The number of fused-ring (bicyclic) bond motifs is 1. The van der Waals surface area contributed by atoms with Crippen LogP contribution in [0.25, 0.3) is 0 Å². The fourth-order valence-corrected chi connectivity index (χ4v) is 4.86. The van der Waals surface area contributed by atoms with Gasteiger partial charge in [-0.1, -0.05) is 47.9 Å². The topological polar surface area (TPSA) is 43.8 Å². The van der Waals surface area contributed by atoms with Crippen molar-refractivity contribution in [2.45, 2.75) is 11.8 Å². The largest absolute Gasteiger partial charge is 0.395 e. The third-order valence-electron chi connectivity index (χ3n) is 3.53. The van der Waals surface area contributed by atoms with Gasteiger partial charge in [-0.25, -0.2) is 0 Å². The van der Waals surface area contributed by atoms with Crippen molar-refractivity contribution in [2.75, 3.05) is 24.6 Å². The SMILES string of the molecule is CCN1C(=O)/C(=C\C=C2\Sc3ccccc3N2CCO)SC1=S. The van der Waals surface area contributed by atoms with E-state index >= 15 is 0 Å². The van der Waals surface area contributed by atoms with Crippen LogP contribution in [0.4, 0.5) is 5.69 Å². The first-order valence-electron chi connectivity index (χ1n) is 7.26. The molecule has 1 N–H and O–H groups in total. The van der Waals surface area contributed by atoms with Gasteiger partial charge in [0.1, 0.15) is 4.32 Å². The molecule has 2 heterocycles. The van der Waals surface area contributed by atoms with Crippen molar-refractivity contribution in [3.63, 3.8) is 0 Å². The lowest BCUT2D eigenvalue weighted by molar-refractivity contribution is -0.122. The molecule has 1 aromatic carbocycles. The van der Waals surface area contributed by atoms with Crippen LogP contribution >= 0.6 is 35.7 Å². The summed E-state index contributed by atoms with van der Waals surface area (Å²) in [4.78, 5) is 17.7. The fraction of sp³-hybridized carbons (Fsp3) is 0.250. The van der Waals surface area contributed by atoms with Gasteiger partial charge in [0.15, 0.2) is 0 Å². The Morgan fingerprint density at radius 2 is 2.00 bits per heavy atom. The van der Waals surface area contributed by atoms with Gasteiger partial charge in [0, 0.05) is 18.0 Å². The molecular formula is C16H16N2O2S3. The summed E-state index contributed by atoms with van der Waals surface area (Å²) in [5.74, 6) is -0.0337. The Labute approximate surface area is 149 Å². The van der Waals surface area contributed by atoms with Crippen molar-refractivity contribution in [3.05, 3.63) is 46.4 Å². The first kappa shape index (κ1) is 16.6. The van der Waals surface area contributed by atoms with Crippen LogP contribution in [0.1, 0.15) is 6.92 Å². The van der Waals surface area contributed by atoms with Gasteiger partial charge in [-0.3, -0.25) is 9.69 Å². The van der Waals surface area contributed by atoms with Gasteiger partial charge < -0.3 is 10.0 Å². The number of hydrogen-bond donors (Lipinski definition) is 1. The quantitative estimate of drug-likeness (QED) is 0.654. The second-order valence-corrected chi connectivity index (χ2v) is 7.64. The Balaban J connectivity index is 1.87. The number of para-hydroxylation sites is 1. The smallest absolute Gasteiger partial charge is 0.266 e. The van der Waals surface area contributed by atoms with Crippen molar-refractivity contribution < 1.29 is 9.90 Å². The summed E-state index contributed by atoms with van der Waals surface area (Å²) in [7, 11) is 0. The number of nitrogens with zero attached hydrogens (tertiary/aromatic N) is 2. The number of carbonyl (C=O) groups excluding carboxylic acids is 1. The summed E-state index contributed by atoms with van der Waals surface area (Å²) in [6.07, 6.45) is 3.76. The highest BCUT2D eigenvalue weighted by Gasteiger charge is 2.30. The maximum Gasteiger partial charge on any atom is 0.266 e. The zero-order valence-corrected chi connectivity index (χ0v) is 15.0. The number of rotatable bonds is 4. The lowest BCUT2D eigenvalue weighted by atomic mass is 10.3. The number of allylic oxidation sites excluding steroid dienone is 2. The van der Waals surface area contributed by atoms with Crippen LogP contribution in [-0.4, -0.2) is 39.9 Å². The molecule has 3 rings (SSSR count). The minimum atomic E-state index is -0.0337. The van der Waals surface area contributed by atoms with E-state index in [-0.39, 0.29) is 12.5 Å². The van der Waals surface area contributed by atoms with E-state index in [0.717, 1.165) is 15.6 Å². The molecule has 0 radical (unpaired) electrons. The maximum atomic E-state index is 12.2.